The van der Waals surface area contributed by atoms with Crippen LogP contribution in [-0.4, -0.2) is 43.9 Å². The number of rotatable bonds is 7. The molecule has 2 amide bonds. The number of carbonyl (C=O) groups is 2. The quantitative estimate of drug-likeness (QED) is 0.671. The zero-order valence-corrected chi connectivity index (χ0v) is 11.3. The molecule has 0 heterocycles. The molecule has 0 spiro atoms. The van der Waals surface area contributed by atoms with E-state index in [0.717, 1.165) is 6.42 Å². The first-order valence-electron chi connectivity index (χ1n) is 6.11. The summed E-state index contributed by atoms with van der Waals surface area (Å²) in [5.41, 5.74) is 5.57. The third-order valence-electron chi connectivity index (χ3n) is 3.04. The fourth-order valence-electron chi connectivity index (χ4n) is 1.64. The number of hydrogen-bond donors (Lipinski definition) is 2. The maximum atomic E-state index is 11.9. The third-order valence-corrected chi connectivity index (χ3v) is 3.04. The van der Waals surface area contributed by atoms with Gasteiger partial charge in [-0.05, 0) is 12.5 Å². The predicted octanol–water partition coefficient (Wildman–Crippen LogP) is 0.202. The fraction of sp³-hybridized carbons (Fsp3) is 0.833. The molecule has 100 valence electrons. The van der Waals surface area contributed by atoms with Gasteiger partial charge in [0.2, 0.25) is 11.8 Å². The van der Waals surface area contributed by atoms with E-state index in [2.05, 4.69) is 5.32 Å². The molecule has 2 unspecified atom stereocenters. The highest BCUT2D eigenvalue weighted by Gasteiger charge is 2.19. The molecule has 0 radical (unpaired) electrons. The molecule has 0 saturated heterocycles. The zero-order chi connectivity index (χ0) is 13.4. The second kappa shape index (κ2) is 8.06. The standard InChI is InChI=1S/C12H25N3O2/c1-5-10(7-13)6-11(16)15(4)8-9(2)12(17)14-3/h9-10H,5-8,13H2,1-4H3,(H,14,17). The molecule has 0 saturated carbocycles. The van der Waals surface area contributed by atoms with Crippen LogP contribution in [0.2, 0.25) is 0 Å². The SMILES string of the molecule is CCC(CN)CC(=O)N(C)CC(C)C(=O)NC. The lowest BCUT2D eigenvalue weighted by molar-refractivity contribution is -0.132. The Labute approximate surface area is 104 Å². The number of nitrogens with zero attached hydrogens (tertiary/aromatic N) is 1. The summed E-state index contributed by atoms with van der Waals surface area (Å²) in [4.78, 5) is 24.8. The molecule has 0 rings (SSSR count). The second-order valence-electron chi connectivity index (χ2n) is 4.50. The summed E-state index contributed by atoms with van der Waals surface area (Å²) in [6.45, 7) is 4.81. The van der Waals surface area contributed by atoms with Crippen LogP contribution in [0.3, 0.4) is 0 Å². The maximum Gasteiger partial charge on any atom is 0.224 e. The molecule has 0 bridgehead atoms. The molecular formula is C12H25N3O2. The topological polar surface area (TPSA) is 75.4 Å². The average molecular weight is 243 g/mol. The van der Waals surface area contributed by atoms with Gasteiger partial charge >= 0.3 is 0 Å². The molecule has 2 atom stereocenters. The molecule has 5 heteroatoms. The minimum absolute atomic E-state index is 0.0458. The van der Waals surface area contributed by atoms with Gasteiger partial charge in [0.15, 0.2) is 0 Å². The lowest BCUT2D eigenvalue weighted by Crippen LogP contribution is -2.38. The third kappa shape index (κ3) is 5.68. The van der Waals surface area contributed by atoms with E-state index < -0.39 is 0 Å². The van der Waals surface area contributed by atoms with E-state index in [1.54, 1.807) is 19.0 Å². The first-order chi connectivity index (χ1) is 7.96. The lowest BCUT2D eigenvalue weighted by atomic mass is 10.0. The summed E-state index contributed by atoms with van der Waals surface area (Å²) in [5.74, 6) is 0.0562. The van der Waals surface area contributed by atoms with Crippen LogP contribution in [0.25, 0.3) is 0 Å². The fourth-order valence-corrected chi connectivity index (χ4v) is 1.64. The van der Waals surface area contributed by atoms with Crippen molar-refractivity contribution in [3.05, 3.63) is 0 Å². The molecule has 0 aromatic carbocycles. The molecule has 3 N–H and O–H groups in total. The smallest absolute Gasteiger partial charge is 0.224 e. The number of carbonyl (C=O) groups excluding carboxylic acids is 2. The van der Waals surface area contributed by atoms with E-state index in [0.29, 0.717) is 19.5 Å². The van der Waals surface area contributed by atoms with Crippen molar-refractivity contribution < 1.29 is 9.59 Å². The average Bonchev–Trinajstić information content (AvgIpc) is 2.34. The Morgan fingerprint density at radius 2 is 2.00 bits per heavy atom. The summed E-state index contributed by atoms with van der Waals surface area (Å²) in [7, 11) is 3.33. The van der Waals surface area contributed by atoms with E-state index in [1.165, 1.54) is 0 Å². The number of nitrogens with one attached hydrogen (secondary N) is 1. The van der Waals surface area contributed by atoms with Gasteiger partial charge in [-0.1, -0.05) is 20.3 Å². The Morgan fingerprint density at radius 1 is 1.41 bits per heavy atom. The van der Waals surface area contributed by atoms with Crippen LogP contribution in [0.15, 0.2) is 0 Å². The summed E-state index contributed by atoms with van der Waals surface area (Å²) in [6, 6.07) is 0. The first kappa shape index (κ1) is 15.9. The van der Waals surface area contributed by atoms with Crippen molar-refractivity contribution in [3.63, 3.8) is 0 Å². The maximum absolute atomic E-state index is 11.9. The van der Waals surface area contributed by atoms with Gasteiger partial charge in [0.1, 0.15) is 0 Å². The number of nitrogens with two attached hydrogens (primary N) is 1. The van der Waals surface area contributed by atoms with E-state index in [-0.39, 0.29) is 23.7 Å². The number of hydrogen-bond acceptors (Lipinski definition) is 3. The van der Waals surface area contributed by atoms with Gasteiger partial charge in [-0.15, -0.1) is 0 Å². The second-order valence-corrected chi connectivity index (χ2v) is 4.50. The summed E-state index contributed by atoms with van der Waals surface area (Å²) in [6.07, 6.45) is 1.37. The Bertz CT molecular complexity index is 252. The van der Waals surface area contributed by atoms with E-state index in [1.807, 2.05) is 13.8 Å². The van der Waals surface area contributed by atoms with Crippen LogP contribution in [0.1, 0.15) is 26.7 Å². The zero-order valence-electron chi connectivity index (χ0n) is 11.3. The van der Waals surface area contributed by atoms with Crippen molar-refractivity contribution in [1.82, 2.24) is 10.2 Å². The molecule has 0 aromatic heterocycles. The van der Waals surface area contributed by atoms with E-state index in [9.17, 15) is 9.59 Å². The Hall–Kier alpha value is -1.10. The van der Waals surface area contributed by atoms with Crippen molar-refractivity contribution in [1.29, 1.82) is 0 Å². The van der Waals surface area contributed by atoms with Crippen LogP contribution in [0.5, 0.6) is 0 Å². The minimum atomic E-state index is -0.188. The Kier molecular flexibility index (Phi) is 7.54. The Morgan fingerprint density at radius 3 is 2.41 bits per heavy atom. The monoisotopic (exact) mass is 243 g/mol. The molecule has 0 aliphatic rings. The highest BCUT2D eigenvalue weighted by atomic mass is 16.2. The van der Waals surface area contributed by atoms with Crippen molar-refractivity contribution >= 4 is 11.8 Å². The van der Waals surface area contributed by atoms with Crippen LogP contribution in [0, 0.1) is 11.8 Å². The first-order valence-corrected chi connectivity index (χ1v) is 6.11. The normalized spacial score (nSPS) is 13.9. The lowest BCUT2D eigenvalue weighted by Gasteiger charge is -2.22. The summed E-state index contributed by atoms with van der Waals surface area (Å²) in [5, 5.41) is 2.58. The molecule has 0 aromatic rings. The van der Waals surface area contributed by atoms with Crippen molar-refractivity contribution in [3.8, 4) is 0 Å². The van der Waals surface area contributed by atoms with Crippen LogP contribution < -0.4 is 11.1 Å². The van der Waals surface area contributed by atoms with Gasteiger partial charge in [0, 0.05) is 27.1 Å². The van der Waals surface area contributed by atoms with Gasteiger partial charge in [0.05, 0.1) is 5.92 Å². The van der Waals surface area contributed by atoms with E-state index in [4.69, 9.17) is 5.73 Å². The van der Waals surface area contributed by atoms with Crippen molar-refractivity contribution in [2.24, 2.45) is 17.6 Å². The van der Waals surface area contributed by atoms with Crippen LogP contribution in [0.4, 0.5) is 0 Å². The molecular weight excluding hydrogens is 218 g/mol. The van der Waals surface area contributed by atoms with Gasteiger partial charge in [-0.25, -0.2) is 0 Å². The highest BCUT2D eigenvalue weighted by molar-refractivity contribution is 5.80. The van der Waals surface area contributed by atoms with Gasteiger partial charge in [-0.3, -0.25) is 9.59 Å². The number of amides is 2. The Balaban J connectivity index is 4.17. The van der Waals surface area contributed by atoms with Crippen LogP contribution in [-0.2, 0) is 9.59 Å². The predicted molar refractivity (Wildman–Crippen MR) is 68.3 cm³/mol. The summed E-state index contributed by atoms with van der Waals surface area (Å²) >= 11 is 0. The van der Waals surface area contributed by atoms with Crippen molar-refractivity contribution in [2.45, 2.75) is 26.7 Å². The largest absolute Gasteiger partial charge is 0.359 e. The molecule has 0 aliphatic carbocycles. The highest BCUT2D eigenvalue weighted by Crippen LogP contribution is 2.09. The van der Waals surface area contributed by atoms with Crippen molar-refractivity contribution in [2.75, 3.05) is 27.2 Å². The molecule has 5 nitrogen and oxygen atoms in total. The van der Waals surface area contributed by atoms with Gasteiger partial charge in [-0.2, -0.15) is 0 Å². The minimum Gasteiger partial charge on any atom is -0.359 e. The van der Waals surface area contributed by atoms with Gasteiger partial charge < -0.3 is 16.0 Å². The van der Waals surface area contributed by atoms with E-state index >= 15 is 0 Å². The molecule has 0 fully saturated rings. The molecule has 0 aliphatic heterocycles. The summed E-state index contributed by atoms with van der Waals surface area (Å²) < 4.78 is 0. The van der Waals surface area contributed by atoms with Gasteiger partial charge in [0.25, 0.3) is 0 Å². The van der Waals surface area contributed by atoms with Crippen LogP contribution >= 0.6 is 0 Å². The molecule has 17 heavy (non-hydrogen) atoms.